The lowest BCUT2D eigenvalue weighted by Gasteiger charge is -2.23. The topological polar surface area (TPSA) is 67.9 Å². The lowest BCUT2D eigenvalue weighted by molar-refractivity contribution is -0.110. The average Bonchev–Trinajstić information content (AvgIpc) is 3.21. The van der Waals surface area contributed by atoms with Gasteiger partial charge >= 0.3 is 0 Å². The molecule has 0 bridgehead atoms. The van der Waals surface area contributed by atoms with Gasteiger partial charge in [0.15, 0.2) is 0 Å². The van der Waals surface area contributed by atoms with Gasteiger partial charge in [0, 0.05) is 13.6 Å². The van der Waals surface area contributed by atoms with Crippen LogP contribution in [-0.4, -0.2) is 38.9 Å². The van der Waals surface area contributed by atoms with Gasteiger partial charge in [-0.05, 0) is 35.2 Å². The summed E-state index contributed by atoms with van der Waals surface area (Å²) in [5.74, 6) is 0.694. The van der Waals surface area contributed by atoms with E-state index in [9.17, 15) is 8.42 Å². The molecule has 0 amide bonds. The van der Waals surface area contributed by atoms with E-state index in [-0.39, 0.29) is 6.61 Å². The Hall–Kier alpha value is -2.71. The summed E-state index contributed by atoms with van der Waals surface area (Å²) in [7, 11) is -1.82. The molecule has 3 aromatic rings. The number of ether oxygens (including phenoxy) is 1. The molecule has 1 fully saturated rings. The van der Waals surface area contributed by atoms with E-state index in [1.807, 2.05) is 84.9 Å². The van der Waals surface area contributed by atoms with Crippen LogP contribution >= 0.6 is 0 Å². The molecule has 0 aliphatic carbocycles. The van der Waals surface area contributed by atoms with E-state index in [0.717, 1.165) is 16.7 Å². The highest BCUT2D eigenvalue weighted by molar-refractivity contribution is 7.90. The fraction of sp³-hybridized carbons (Fsp3) is 0.280. The predicted molar refractivity (Wildman–Crippen MR) is 125 cm³/mol. The summed E-state index contributed by atoms with van der Waals surface area (Å²) in [4.78, 5) is 5.63. The van der Waals surface area contributed by atoms with Gasteiger partial charge in [-0.3, -0.25) is 4.84 Å². The normalized spacial score (nSPS) is 19.2. The minimum atomic E-state index is -3.59. The van der Waals surface area contributed by atoms with E-state index in [2.05, 4.69) is 4.72 Å². The predicted octanol–water partition coefficient (Wildman–Crippen LogP) is 3.71. The average molecular weight is 453 g/mol. The quantitative estimate of drug-likeness (QED) is 0.536. The molecule has 1 N–H and O–H groups in total. The van der Waals surface area contributed by atoms with E-state index in [0.29, 0.717) is 25.3 Å². The van der Waals surface area contributed by atoms with Gasteiger partial charge in [0.05, 0.1) is 12.6 Å². The highest BCUT2D eigenvalue weighted by Crippen LogP contribution is 2.34. The fourth-order valence-corrected chi connectivity index (χ4v) is 5.41. The van der Waals surface area contributed by atoms with Crippen molar-refractivity contribution in [3.05, 3.63) is 102 Å². The number of rotatable bonds is 9. The van der Waals surface area contributed by atoms with Crippen LogP contribution in [0.4, 0.5) is 0 Å². The number of benzene rings is 3. The third-order valence-corrected chi connectivity index (χ3v) is 7.39. The number of hydrogen-bond donors (Lipinski definition) is 1. The van der Waals surface area contributed by atoms with E-state index in [1.54, 1.807) is 12.1 Å². The van der Waals surface area contributed by atoms with E-state index in [1.165, 1.54) is 0 Å². The minimum absolute atomic E-state index is 0.108. The standard InChI is InChI=1S/C25H28N2O4S/c1-27-25(22-13-8-14-23(17-22)30-18-21-11-6-3-7-12-21)24(19-31-27)32(28,29)26-16-15-20-9-4-2-5-10-20/h2-14,17,24-26H,15-16,18-19H2,1H3/t24-,25-/m1/s1. The van der Waals surface area contributed by atoms with Crippen molar-refractivity contribution in [1.29, 1.82) is 0 Å². The molecular formula is C25H28N2O4S. The van der Waals surface area contributed by atoms with Crippen molar-refractivity contribution in [2.75, 3.05) is 20.2 Å². The molecule has 32 heavy (non-hydrogen) atoms. The molecule has 1 aliphatic heterocycles. The van der Waals surface area contributed by atoms with Gasteiger partial charge in [-0.2, -0.15) is 5.06 Å². The molecule has 3 aromatic carbocycles. The summed E-state index contributed by atoms with van der Waals surface area (Å²) >= 11 is 0. The summed E-state index contributed by atoms with van der Waals surface area (Å²) < 4.78 is 34.9. The zero-order valence-electron chi connectivity index (χ0n) is 18.1. The molecule has 0 spiro atoms. The van der Waals surface area contributed by atoms with Crippen LogP contribution in [0.1, 0.15) is 22.7 Å². The number of hydrogen-bond acceptors (Lipinski definition) is 5. The Labute approximate surface area is 189 Å². The lowest BCUT2D eigenvalue weighted by atomic mass is 10.0. The third-order valence-electron chi connectivity index (χ3n) is 5.59. The van der Waals surface area contributed by atoms with Crippen LogP contribution in [0.2, 0.25) is 0 Å². The van der Waals surface area contributed by atoms with E-state index >= 15 is 0 Å². The molecule has 1 aliphatic rings. The molecule has 1 saturated heterocycles. The van der Waals surface area contributed by atoms with Crippen molar-refractivity contribution in [3.63, 3.8) is 0 Å². The molecule has 6 nitrogen and oxygen atoms in total. The first-order chi connectivity index (χ1) is 15.5. The zero-order chi connectivity index (χ0) is 22.4. The van der Waals surface area contributed by atoms with Crippen LogP contribution in [0.25, 0.3) is 0 Å². The molecule has 0 radical (unpaired) electrons. The van der Waals surface area contributed by atoms with E-state index in [4.69, 9.17) is 9.57 Å². The van der Waals surface area contributed by atoms with Crippen molar-refractivity contribution in [2.24, 2.45) is 0 Å². The third kappa shape index (κ3) is 5.55. The number of nitrogens with one attached hydrogen (secondary N) is 1. The maximum Gasteiger partial charge on any atom is 0.218 e. The summed E-state index contributed by atoms with van der Waals surface area (Å²) in [6, 6.07) is 26.9. The molecule has 0 unspecified atom stereocenters. The highest BCUT2D eigenvalue weighted by atomic mass is 32.2. The first-order valence-electron chi connectivity index (χ1n) is 10.7. The van der Waals surface area contributed by atoms with Crippen LogP contribution in [0.15, 0.2) is 84.9 Å². The van der Waals surface area contributed by atoms with Gasteiger partial charge in [0.25, 0.3) is 0 Å². The van der Waals surface area contributed by atoms with Crippen molar-refractivity contribution < 1.29 is 18.0 Å². The Balaban J connectivity index is 1.44. The van der Waals surface area contributed by atoms with Crippen LogP contribution in [0.3, 0.4) is 0 Å². The van der Waals surface area contributed by atoms with Gasteiger partial charge < -0.3 is 4.74 Å². The van der Waals surface area contributed by atoms with Crippen molar-refractivity contribution in [1.82, 2.24) is 9.79 Å². The molecule has 2 atom stereocenters. The monoisotopic (exact) mass is 452 g/mol. The first-order valence-corrected chi connectivity index (χ1v) is 12.2. The van der Waals surface area contributed by atoms with Gasteiger partial charge in [-0.15, -0.1) is 0 Å². The van der Waals surface area contributed by atoms with Crippen LogP contribution in [-0.2, 0) is 27.9 Å². The molecule has 1 heterocycles. The van der Waals surface area contributed by atoms with Crippen LogP contribution in [0.5, 0.6) is 5.75 Å². The number of nitrogens with zero attached hydrogens (tertiary/aromatic N) is 1. The van der Waals surface area contributed by atoms with Crippen molar-refractivity contribution in [2.45, 2.75) is 24.3 Å². The molecule has 0 aromatic heterocycles. The maximum absolute atomic E-state index is 13.1. The smallest absolute Gasteiger partial charge is 0.218 e. The van der Waals surface area contributed by atoms with Gasteiger partial charge in [-0.25, -0.2) is 13.1 Å². The van der Waals surface area contributed by atoms with Gasteiger partial charge in [0.2, 0.25) is 10.0 Å². The Morgan fingerprint density at radius 1 is 0.969 bits per heavy atom. The Morgan fingerprint density at radius 2 is 1.66 bits per heavy atom. The number of hydroxylamine groups is 2. The Kier molecular flexibility index (Phi) is 7.22. The largest absolute Gasteiger partial charge is 0.489 e. The second-order valence-corrected chi connectivity index (χ2v) is 9.83. The summed E-state index contributed by atoms with van der Waals surface area (Å²) in [5.41, 5.74) is 3.01. The number of sulfonamides is 1. The van der Waals surface area contributed by atoms with E-state index < -0.39 is 21.3 Å². The van der Waals surface area contributed by atoms with Crippen LogP contribution < -0.4 is 9.46 Å². The molecule has 0 saturated carbocycles. The van der Waals surface area contributed by atoms with Crippen molar-refractivity contribution >= 4 is 10.0 Å². The van der Waals surface area contributed by atoms with Crippen LogP contribution in [0, 0.1) is 0 Å². The molecule has 4 rings (SSSR count). The zero-order valence-corrected chi connectivity index (χ0v) is 18.9. The summed E-state index contributed by atoms with van der Waals surface area (Å²) in [6.07, 6.45) is 0.636. The second-order valence-electron chi connectivity index (χ2n) is 7.85. The lowest BCUT2D eigenvalue weighted by Crippen LogP contribution is -2.40. The first kappa shape index (κ1) is 22.5. The SMILES string of the molecule is CN1OC[C@@H](S(=O)(=O)NCCc2ccccc2)[C@H]1c1cccc(OCc2ccccc2)c1. The highest BCUT2D eigenvalue weighted by Gasteiger charge is 2.43. The van der Waals surface area contributed by atoms with Gasteiger partial charge in [0.1, 0.15) is 17.6 Å². The second kappa shape index (κ2) is 10.3. The molecule has 168 valence electrons. The fourth-order valence-electron chi connectivity index (χ4n) is 3.90. The minimum Gasteiger partial charge on any atom is -0.489 e. The van der Waals surface area contributed by atoms with Crippen molar-refractivity contribution in [3.8, 4) is 5.75 Å². The summed E-state index contributed by atoms with van der Waals surface area (Å²) in [6.45, 7) is 0.903. The molecular weight excluding hydrogens is 424 g/mol. The summed E-state index contributed by atoms with van der Waals surface area (Å²) in [5, 5.41) is 0.907. The Morgan fingerprint density at radius 3 is 2.38 bits per heavy atom. The Bertz CT molecular complexity index is 1110. The van der Waals surface area contributed by atoms with Gasteiger partial charge in [-0.1, -0.05) is 72.8 Å². The molecule has 7 heteroatoms. The maximum atomic E-state index is 13.1.